The molecule has 3 atom stereocenters. The summed E-state index contributed by atoms with van der Waals surface area (Å²) in [4.78, 5) is 26.3. The van der Waals surface area contributed by atoms with Crippen molar-refractivity contribution in [2.75, 3.05) is 33.8 Å². The summed E-state index contributed by atoms with van der Waals surface area (Å²) in [5, 5.41) is 9.03. The number of likely N-dealkylation sites (N-methyl/N-ethyl adjacent to an activating group) is 1. The van der Waals surface area contributed by atoms with Crippen molar-refractivity contribution in [2.24, 2.45) is 11.8 Å². The molecule has 1 saturated heterocycles. The maximum atomic E-state index is 12.1. The maximum Gasteiger partial charge on any atom is 0.319 e. The molecule has 1 aliphatic heterocycles. The van der Waals surface area contributed by atoms with Gasteiger partial charge in [-0.15, -0.1) is 0 Å². The van der Waals surface area contributed by atoms with Crippen molar-refractivity contribution in [3.63, 3.8) is 0 Å². The number of likely N-dealkylation sites (tertiary alicyclic amines) is 1. The molecule has 0 aliphatic carbocycles. The van der Waals surface area contributed by atoms with Crippen LogP contribution in [0.25, 0.3) is 0 Å². The van der Waals surface area contributed by atoms with Gasteiger partial charge in [-0.1, -0.05) is 6.92 Å². The molecule has 0 aromatic rings. The number of hydrogen-bond donors (Lipinski definition) is 1. The van der Waals surface area contributed by atoms with E-state index in [1.54, 1.807) is 24.0 Å². The number of carboxylic acids is 1. The maximum absolute atomic E-state index is 12.1. The topological polar surface area (TPSA) is 70.1 Å². The Morgan fingerprint density at radius 3 is 2.56 bits per heavy atom. The van der Waals surface area contributed by atoms with Gasteiger partial charge in [0, 0.05) is 33.8 Å². The van der Waals surface area contributed by atoms with Crippen LogP contribution in [0, 0.1) is 11.8 Å². The highest BCUT2D eigenvalue weighted by molar-refractivity contribution is 5.77. The van der Waals surface area contributed by atoms with Crippen molar-refractivity contribution in [1.29, 1.82) is 0 Å². The Balaban J connectivity index is 2.56. The van der Waals surface area contributed by atoms with Crippen LogP contribution in [0.4, 0.5) is 4.79 Å². The van der Waals surface area contributed by atoms with E-state index in [0.29, 0.717) is 19.6 Å². The zero-order chi connectivity index (χ0) is 13.9. The molecule has 0 saturated carbocycles. The number of urea groups is 1. The molecule has 0 aromatic carbocycles. The predicted octanol–water partition coefficient (Wildman–Crippen LogP) is 0.726. The minimum atomic E-state index is -0.828. The van der Waals surface area contributed by atoms with Crippen molar-refractivity contribution in [2.45, 2.75) is 20.0 Å². The van der Waals surface area contributed by atoms with Gasteiger partial charge in [0.1, 0.15) is 0 Å². The molecule has 0 spiro atoms. The molecule has 1 aliphatic rings. The van der Waals surface area contributed by atoms with Gasteiger partial charge in [0.2, 0.25) is 0 Å². The summed E-state index contributed by atoms with van der Waals surface area (Å²) in [5.41, 5.74) is 0. The lowest BCUT2D eigenvalue weighted by molar-refractivity contribution is -0.142. The van der Waals surface area contributed by atoms with E-state index in [-0.39, 0.29) is 18.1 Å². The number of methoxy groups -OCH3 is 1. The lowest BCUT2D eigenvalue weighted by atomic mass is 9.99. The van der Waals surface area contributed by atoms with Gasteiger partial charge in [-0.3, -0.25) is 4.79 Å². The van der Waals surface area contributed by atoms with Gasteiger partial charge in [-0.25, -0.2) is 4.79 Å². The Hall–Kier alpha value is -1.30. The van der Waals surface area contributed by atoms with Gasteiger partial charge in [0.05, 0.1) is 12.0 Å². The normalized spacial score (nSPS) is 25.0. The van der Waals surface area contributed by atoms with Crippen LogP contribution in [0.2, 0.25) is 0 Å². The molecular weight excluding hydrogens is 236 g/mol. The molecular formula is C12H22N2O4. The van der Waals surface area contributed by atoms with Gasteiger partial charge in [0.25, 0.3) is 0 Å². The van der Waals surface area contributed by atoms with E-state index in [0.717, 1.165) is 0 Å². The summed E-state index contributed by atoms with van der Waals surface area (Å²) in [6, 6.07) is -0.130. The minimum Gasteiger partial charge on any atom is -0.481 e. The summed E-state index contributed by atoms with van der Waals surface area (Å²) in [6.45, 7) is 5.04. The number of ether oxygens (including phenoxy) is 1. The standard InChI is InChI=1S/C12H22N2O4/c1-8-5-14(7-10(8)11(15)16)12(17)13(3)6-9(2)18-4/h8-10H,5-7H2,1-4H3,(H,15,16)/t8-,9?,10-/m1/s1. The third kappa shape index (κ3) is 3.35. The van der Waals surface area contributed by atoms with E-state index in [1.165, 1.54) is 0 Å². The third-order valence-corrected chi connectivity index (χ3v) is 3.46. The first kappa shape index (κ1) is 14.8. The number of carboxylic acid groups (broad SMARTS) is 1. The van der Waals surface area contributed by atoms with Crippen LogP contribution >= 0.6 is 0 Å². The second-order valence-corrected chi connectivity index (χ2v) is 5.04. The molecule has 1 fully saturated rings. The average molecular weight is 258 g/mol. The van der Waals surface area contributed by atoms with Crippen molar-refractivity contribution >= 4 is 12.0 Å². The number of aliphatic carboxylic acids is 1. The summed E-state index contributed by atoms with van der Waals surface area (Å²) < 4.78 is 5.11. The number of carbonyl (C=O) groups excluding carboxylic acids is 1. The monoisotopic (exact) mass is 258 g/mol. The highest BCUT2D eigenvalue weighted by Gasteiger charge is 2.37. The number of carbonyl (C=O) groups is 2. The Bertz CT molecular complexity index is 321. The van der Waals surface area contributed by atoms with Crippen LogP contribution in [0.1, 0.15) is 13.8 Å². The van der Waals surface area contributed by atoms with Gasteiger partial charge in [0.15, 0.2) is 0 Å². The van der Waals surface area contributed by atoms with E-state index in [2.05, 4.69) is 0 Å². The largest absolute Gasteiger partial charge is 0.481 e. The highest BCUT2D eigenvalue weighted by atomic mass is 16.5. The minimum absolute atomic E-state index is 0.000279. The fourth-order valence-corrected chi connectivity index (χ4v) is 2.22. The quantitative estimate of drug-likeness (QED) is 0.807. The molecule has 2 amide bonds. The van der Waals surface area contributed by atoms with Crippen LogP contribution in [0.3, 0.4) is 0 Å². The number of rotatable bonds is 4. The fraction of sp³-hybridized carbons (Fsp3) is 0.833. The zero-order valence-corrected chi connectivity index (χ0v) is 11.4. The summed E-state index contributed by atoms with van der Waals surface area (Å²) >= 11 is 0. The summed E-state index contributed by atoms with van der Waals surface area (Å²) in [7, 11) is 3.30. The van der Waals surface area contributed by atoms with Crippen molar-refractivity contribution in [3.05, 3.63) is 0 Å². The van der Waals surface area contributed by atoms with Gasteiger partial charge in [-0.2, -0.15) is 0 Å². The van der Waals surface area contributed by atoms with E-state index >= 15 is 0 Å². The number of nitrogens with zero attached hydrogens (tertiary/aromatic N) is 2. The summed E-state index contributed by atoms with van der Waals surface area (Å²) in [6.07, 6.45) is -0.0331. The van der Waals surface area contributed by atoms with Crippen LogP contribution in [0.15, 0.2) is 0 Å². The fourth-order valence-electron chi connectivity index (χ4n) is 2.22. The molecule has 1 N–H and O–H groups in total. The molecule has 18 heavy (non-hydrogen) atoms. The van der Waals surface area contributed by atoms with Crippen LogP contribution in [0.5, 0.6) is 0 Å². The molecule has 104 valence electrons. The zero-order valence-electron chi connectivity index (χ0n) is 11.4. The van der Waals surface area contributed by atoms with Gasteiger partial charge in [-0.05, 0) is 12.8 Å². The lowest BCUT2D eigenvalue weighted by Gasteiger charge is -2.26. The SMILES string of the molecule is COC(C)CN(C)C(=O)N1C[C@@H](C)[C@H](C(=O)O)C1. The van der Waals surface area contributed by atoms with Crippen LogP contribution in [-0.2, 0) is 9.53 Å². The molecule has 6 heteroatoms. The Morgan fingerprint density at radius 2 is 2.11 bits per heavy atom. The molecule has 1 unspecified atom stereocenters. The number of amides is 2. The molecule has 6 nitrogen and oxygen atoms in total. The van der Waals surface area contributed by atoms with E-state index in [9.17, 15) is 9.59 Å². The van der Waals surface area contributed by atoms with E-state index < -0.39 is 11.9 Å². The summed E-state index contributed by atoms with van der Waals surface area (Å²) in [5.74, 6) is -1.28. The lowest BCUT2D eigenvalue weighted by Crippen LogP contribution is -2.43. The smallest absolute Gasteiger partial charge is 0.319 e. The van der Waals surface area contributed by atoms with Crippen molar-refractivity contribution in [3.8, 4) is 0 Å². The Morgan fingerprint density at radius 1 is 1.50 bits per heavy atom. The number of hydrogen-bond acceptors (Lipinski definition) is 3. The average Bonchev–Trinajstić information content (AvgIpc) is 2.70. The van der Waals surface area contributed by atoms with Gasteiger partial charge >= 0.3 is 12.0 Å². The highest BCUT2D eigenvalue weighted by Crippen LogP contribution is 2.23. The molecule has 1 heterocycles. The van der Waals surface area contributed by atoms with Crippen molar-refractivity contribution in [1.82, 2.24) is 9.80 Å². The Labute approximate surface area is 107 Å². The van der Waals surface area contributed by atoms with Crippen LogP contribution in [-0.4, -0.2) is 66.8 Å². The predicted molar refractivity (Wildman–Crippen MR) is 66.4 cm³/mol. The molecule has 0 bridgehead atoms. The Kier molecular flexibility index (Phi) is 4.95. The van der Waals surface area contributed by atoms with E-state index in [4.69, 9.17) is 9.84 Å². The second kappa shape index (κ2) is 6.04. The molecule has 1 rings (SSSR count). The first-order valence-corrected chi connectivity index (χ1v) is 6.12. The van der Waals surface area contributed by atoms with E-state index in [1.807, 2.05) is 13.8 Å². The first-order chi connectivity index (χ1) is 8.36. The molecule has 0 radical (unpaired) electrons. The second-order valence-electron chi connectivity index (χ2n) is 5.04. The van der Waals surface area contributed by atoms with Crippen LogP contribution < -0.4 is 0 Å². The van der Waals surface area contributed by atoms with Gasteiger partial charge < -0.3 is 19.6 Å². The first-order valence-electron chi connectivity index (χ1n) is 6.12. The third-order valence-electron chi connectivity index (χ3n) is 3.46. The van der Waals surface area contributed by atoms with Crippen molar-refractivity contribution < 1.29 is 19.4 Å². The molecule has 0 aromatic heterocycles.